The van der Waals surface area contributed by atoms with Gasteiger partial charge in [-0.3, -0.25) is 4.79 Å². The largest absolute Gasteiger partial charge is 0.489 e. The molecule has 1 aromatic carbocycles. The molecule has 1 fully saturated rings. The number of carboxylic acids is 1. The highest BCUT2D eigenvalue weighted by molar-refractivity contribution is 5.66. The first-order valence-electron chi connectivity index (χ1n) is 10.4. The lowest BCUT2D eigenvalue weighted by Crippen LogP contribution is -2.19. The molecule has 0 amide bonds. The maximum atomic E-state index is 10.8. The molecule has 3 N–H and O–H groups in total. The van der Waals surface area contributed by atoms with Gasteiger partial charge in [0.25, 0.3) is 0 Å². The maximum Gasteiger partial charge on any atom is 0.303 e. The van der Waals surface area contributed by atoms with Gasteiger partial charge in [0.05, 0.1) is 12.2 Å². The second-order valence-corrected chi connectivity index (χ2v) is 8.13. The van der Waals surface area contributed by atoms with Crippen LogP contribution < -0.4 is 4.74 Å². The molecule has 29 heavy (non-hydrogen) atoms. The summed E-state index contributed by atoms with van der Waals surface area (Å²) in [7, 11) is 0. The summed E-state index contributed by atoms with van der Waals surface area (Å²) in [6.45, 7) is 3.75. The molecule has 1 aliphatic heterocycles. The number of aliphatic hydroxyl groups is 2. The molecule has 6 atom stereocenters. The van der Waals surface area contributed by atoms with Crippen molar-refractivity contribution in [3.8, 4) is 17.6 Å². The molecule has 0 unspecified atom stereocenters. The number of para-hydroxylation sites is 1. The summed E-state index contributed by atoms with van der Waals surface area (Å²) >= 11 is 0. The first-order chi connectivity index (χ1) is 13.9. The molecule has 0 radical (unpaired) electrons. The molecular weight excluding hydrogens is 368 g/mol. The molecule has 156 valence electrons. The van der Waals surface area contributed by atoms with Gasteiger partial charge in [0.15, 0.2) is 0 Å². The van der Waals surface area contributed by atoms with Crippen LogP contribution in [-0.4, -0.2) is 39.6 Å². The van der Waals surface area contributed by atoms with Crippen molar-refractivity contribution in [1.29, 1.82) is 0 Å². The van der Waals surface area contributed by atoms with Gasteiger partial charge >= 0.3 is 5.97 Å². The molecule has 5 nitrogen and oxygen atoms in total. The van der Waals surface area contributed by atoms with Crippen LogP contribution in [0.2, 0.25) is 0 Å². The maximum absolute atomic E-state index is 10.8. The number of benzene rings is 1. The second kappa shape index (κ2) is 9.47. The number of hydrogen-bond acceptors (Lipinski definition) is 4. The number of ether oxygens (including phenoxy) is 1. The normalized spacial score (nSPS) is 26.9. The van der Waals surface area contributed by atoms with Crippen LogP contribution in [0.15, 0.2) is 30.4 Å². The number of rotatable bonds is 8. The molecule has 0 bridgehead atoms. The smallest absolute Gasteiger partial charge is 0.303 e. The monoisotopic (exact) mass is 398 g/mol. The minimum Gasteiger partial charge on any atom is -0.489 e. The van der Waals surface area contributed by atoms with Gasteiger partial charge in [-0.2, -0.15) is 0 Å². The standard InChI is InChI=1S/C24H30O5/c1-3-4-7-15(2)19(25)13-12-17-20(26)14-21-23(17)18-10-5-8-16(24(18)29-21)9-6-11-22(27)28/h5,8,10,12-13,15,17,19-21,23,25-26H,6-7,9,11,14H2,1-2H3,(H,27,28)/b13-12+/t15-,17+,19+,20-,21-,23-/m0/s1. The van der Waals surface area contributed by atoms with Gasteiger partial charge in [-0.15, -0.1) is 11.8 Å². The lowest BCUT2D eigenvalue weighted by molar-refractivity contribution is -0.137. The minimum atomic E-state index is -0.790. The van der Waals surface area contributed by atoms with Gasteiger partial charge in [-0.05, 0) is 31.2 Å². The molecule has 1 aromatic rings. The average molecular weight is 398 g/mol. The van der Waals surface area contributed by atoms with Crippen molar-refractivity contribution in [2.45, 2.75) is 70.2 Å². The number of aliphatic carboxylic acids is 1. The topological polar surface area (TPSA) is 87.0 Å². The van der Waals surface area contributed by atoms with E-state index in [0.717, 1.165) is 16.9 Å². The van der Waals surface area contributed by atoms with Crippen LogP contribution in [0.1, 0.15) is 56.6 Å². The molecule has 5 heteroatoms. The molecule has 1 saturated carbocycles. The van der Waals surface area contributed by atoms with Crippen molar-refractivity contribution in [1.82, 2.24) is 0 Å². The Morgan fingerprint density at radius 3 is 2.93 bits per heavy atom. The number of carboxylic acid groups (broad SMARTS) is 1. The Labute approximate surface area is 172 Å². The van der Waals surface area contributed by atoms with E-state index in [1.165, 1.54) is 0 Å². The van der Waals surface area contributed by atoms with Crippen LogP contribution in [0, 0.1) is 23.7 Å². The van der Waals surface area contributed by atoms with Crippen LogP contribution in [0.25, 0.3) is 0 Å². The average Bonchev–Trinajstić information content (AvgIpc) is 3.19. The van der Waals surface area contributed by atoms with Crippen molar-refractivity contribution < 1.29 is 24.9 Å². The van der Waals surface area contributed by atoms with Crippen LogP contribution in [-0.2, 0) is 11.2 Å². The van der Waals surface area contributed by atoms with E-state index in [9.17, 15) is 15.0 Å². The van der Waals surface area contributed by atoms with Crippen molar-refractivity contribution in [2.24, 2.45) is 11.8 Å². The zero-order chi connectivity index (χ0) is 21.0. The van der Waals surface area contributed by atoms with E-state index in [4.69, 9.17) is 9.84 Å². The van der Waals surface area contributed by atoms with E-state index in [0.29, 0.717) is 25.7 Å². The lowest BCUT2D eigenvalue weighted by atomic mass is 9.86. The Bertz CT molecular complexity index is 818. The van der Waals surface area contributed by atoms with Crippen LogP contribution in [0.3, 0.4) is 0 Å². The molecule has 0 spiro atoms. The second-order valence-electron chi connectivity index (χ2n) is 8.13. The molecule has 1 aliphatic carbocycles. The number of fused-ring (bicyclic) bond motifs is 3. The van der Waals surface area contributed by atoms with E-state index in [1.54, 1.807) is 13.0 Å². The Morgan fingerprint density at radius 2 is 2.21 bits per heavy atom. The van der Waals surface area contributed by atoms with Gasteiger partial charge in [-0.25, -0.2) is 0 Å². The summed E-state index contributed by atoms with van der Waals surface area (Å²) < 4.78 is 6.21. The first kappa shape index (κ1) is 21.4. The fourth-order valence-corrected chi connectivity index (χ4v) is 4.41. The lowest BCUT2D eigenvalue weighted by Gasteiger charge is -2.19. The van der Waals surface area contributed by atoms with Crippen molar-refractivity contribution in [3.05, 3.63) is 41.5 Å². The van der Waals surface area contributed by atoms with E-state index < -0.39 is 18.2 Å². The highest BCUT2D eigenvalue weighted by Gasteiger charge is 2.48. The zero-order valence-corrected chi connectivity index (χ0v) is 17.0. The Balaban J connectivity index is 1.75. The fraction of sp³-hybridized carbons (Fsp3) is 0.542. The predicted octanol–water partition coefficient (Wildman–Crippen LogP) is 3.29. The third-order valence-electron chi connectivity index (χ3n) is 6.04. The Morgan fingerprint density at radius 1 is 1.41 bits per heavy atom. The highest BCUT2D eigenvalue weighted by atomic mass is 16.5. The van der Waals surface area contributed by atoms with Crippen LogP contribution in [0.5, 0.6) is 5.75 Å². The summed E-state index contributed by atoms with van der Waals surface area (Å²) in [5, 5.41) is 29.9. The fourth-order valence-electron chi connectivity index (χ4n) is 4.41. The number of aryl methyl sites for hydroxylation is 1. The Kier molecular flexibility index (Phi) is 7.00. The molecule has 2 aliphatic rings. The molecule has 0 saturated heterocycles. The number of aliphatic hydroxyl groups excluding tert-OH is 2. The summed E-state index contributed by atoms with van der Waals surface area (Å²) in [4.78, 5) is 10.8. The van der Waals surface area contributed by atoms with Gasteiger partial charge in [0.2, 0.25) is 0 Å². The van der Waals surface area contributed by atoms with Gasteiger partial charge in [0.1, 0.15) is 11.9 Å². The van der Waals surface area contributed by atoms with E-state index in [-0.39, 0.29) is 30.3 Å². The summed E-state index contributed by atoms with van der Waals surface area (Å²) in [6, 6.07) is 6.01. The summed E-state index contributed by atoms with van der Waals surface area (Å²) in [5.74, 6) is 5.87. The zero-order valence-electron chi connectivity index (χ0n) is 17.0. The van der Waals surface area contributed by atoms with E-state index in [1.807, 2.05) is 31.2 Å². The van der Waals surface area contributed by atoms with E-state index >= 15 is 0 Å². The highest BCUT2D eigenvalue weighted by Crippen LogP contribution is 2.52. The first-order valence-corrected chi connectivity index (χ1v) is 10.4. The predicted molar refractivity (Wildman–Crippen MR) is 111 cm³/mol. The van der Waals surface area contributed by atoms with Crippen molar-refractivity contribution in [3.63, 3.8) is 0 Å². The third kappa shape index (κ3) is 4.83. The summed E-state index contributed by atoms with van der Waals surface area (Å²) in [6.07, 6.45) is 5.07. The van der Waals surface area contributed by atoms with Gasteiger partial charge < -0.3 is 20.1 Å². The molecule has 0 aromatic heterocycles. The summed E-state index contributed by atoms with van der Waals surface area (Å²) in [5.41, 5.74) is 2.11. The molecular formula is C24H30O5. The molecule has 1 heterocycles. The van der Waals surface area contributed by atoms with Crippen molar-refractivity contribution in [2.75, 3.05) is 0 Å². The van der Waals surface area contributed by atoms with Gasteiger partial charge in [0, 0.05) is 36.7 Å². The van der Waals surface area contributed by atoms with Crippen molar-refractivity contribution >= 4 is 5.97 Å². The number of hydrogen-bond donors (Lipinski definition) is 3. The van der Waals surface area contributed by atoms with Crippen LogP contribution >= 0.6 is 0 Å². The molecule has 3 rings (SSSR count). The number of carbonyl (C=O) groups is 1. The minimum absolute atomic E-state index is 0.0287. The third-order valence-corrected chi connectivity index (χ3v) is 6.04. The quantitative estimate of drug-likeness (QED) is 0.462. The SMILES string of the molecule is CC#CC[C@H](C)[C@H](O)/C=C/[C@H]1[C@H]2c3cccc(CCCC(=O)O)c3O[C@H]2C[C@@H]1O. The van der Waals surface area contributed by atoms with Crippen LogP contribution in [0.4, 0.5) is 0 Å². The van der Waals surface area contributed by atoms with Gasteiger partial charge in [-0.1, -0.05) is 37.3 Å². The van der Waals surface area contributed by atoms with E-state index in [2.05, 4.69) is 11.8 Å². The Hall–Kier alpha value is -2.29.